The molecule has 0 aliphatic heterocycles. The molecule has 1 amide bonds. The van der Waals surface area contributed by atoms with Crippen LogP contribution in [0.15, 0.2) is 47.9 Å². The van der Waals surface area contributed by atoms with Crippen LogP contribution in [0.1, 0.15) is 12.5 Å². The minimum absolute atomic E-state index is 0.0991. The first-order valence-electron chi connectivity index (χ1n) is 7.76. The van der Waals surface area contributed by atoms with Gasteiger partial charge in [0.2, 0.25) is 5.91 Å². The van der Waals surface area contributed by atoms with Crippen molar-refractivity contribution in [2.45, 2.75) is 18.5 Å². The highest BCUT2D eigenvalue weighted by Crippen LogP contribution is 2.24. The minimum atomic E-state index is 0.0991. The smallest absolute Gasteiger partial charge is 0.233 e. The van der Waals surface area contributed by atoms with E-state index in [1.54, 1.807) is 10.9 Å². The molecule has 0 fully saturated rings. The van der Waals surface area contributed by atoms with Gasteiger partial charge in [0.25, 0.3) is 0 Å². The van der Waals surface area contributed by atoms with Gasteiger partial charge in [-0.05, 0) is 12.5 Å². The van der Waals surface area contributed by atoms with Crippen LogP contribution in [0.3, 0.4) is 0 Å². The lowest BCUT2D eigenvalue weighted by atomic mass is 10.2. The Labute approximate surface area is 144 Å². The van der Waals surface area contributed by atoms with E-state index in [-0.39, 0.29) is 5.91 Å². The molecule has 0 aliphatic rings. The first-order valence-corrected chi connectivity index (χ1v) is 8.74. The second kappa shape index (κ2) is 7.44. The maximum atomic E-state index is 12.5. The van der Waals surface area contributed by atoms with Crippen molar-refractivity contribution >= 4 is 28.7 Å². The predicted octanol–water partition coefficient (Wildman–Crippen LogP) is 2.50. The number of benzene rings is 1. The van der Waals surface area contributed by atoms with E-state index in [9.17, 15) is 4.79 Å². The molecule has 3 aromatic rings. The summed E-state index contributed by atoms with van der Waals surface area (Å²) in [4.78, 5) is 22.9. The summed E-state index contributed by atoms with van der Waals surface area (Å²) < 4.78 is 1.71. The van der Waals surface area contributed by atoms with Gasteiger partial charge >= 0.3 is 0 Å². The summed E-state index contributed by atoms with van der Waals surface area (Å²) in [6.07, 6.45) is 3.25. The molecule has 0 N–H and O–H groups in total. The molecule has 0 saturated carbocycles. The van der Waals surface area contributed by atoms with Gasteiger partial charge in [0, 0.05) is 20.1 Å². The van der Waals surface area contributed by atoms with E-state index < -0.39 is 0 Å². The lowest BCUT2D eigenvalue weighted by Crippen LogP contribution is -2.31. The molecule has 6 nitrogen and oxygen atoms in total. The average Bonchev–Trinajstić information content (AvgIpc) is 3.00. The summed E-state index contributed by atoms with van der Waals surface area (Å²) in [6, 6.07) is 10.0. The Morgan fingerprint density at radius 1 is 1.25 bits per heavy atom. The number of aryl methyl sites for hydroxylation is 1. The monoisotopic (exact) mass is 341 g/mol. The summed E-state index contributed by atoms with van der Waals surface area (Å²) >= 11 is 1.43. The number of hydrogen-bond acceptors (Lipinski definition) is 5. The molecule has 0 spiro atoms. The van der Waals surface area contributed by atoms with Gasteiger partial charge in [0.1, 0.15) is 11.4 Å². The van der Waals surface area contributed by atoms with Crippen molar-refractivity contribution in [3.05, 3.63) is 48.4 Å². The molecule has 1 aromatic carbocycles. The molecule has 2 heterocycles. The third kappa shape index (κ3) is 3.56. The van der Waals surface area contributed by atoms with E-state index in [2.05, 4.69) is 15.1 Å². The topological polar surface area (TPSA) is 63.9 Å². The second-order valence-electron chi connectivity index (χ2n) is 5.37. The second-order valence-corrected chi connectivity index (χ2v) is 6.33. The standard InChI is InChI=1S/C17H19N5OS/c1-3-22(10-13-7-5-4-6-8-13)15(23)11-24-17-14-9-20-21(2)16(14)18-12-19-17/h4-9,12H,3,10-11H2,1-2H3. The zero-order valence-corrected chi connectivity index (χ0v) is 14.5. The largest absolute Gasteiger partial charge is 0.338 e. The van der Waals surface area contributed by atoms with Gasteiger partial charge in [-0.15, -0.1) is 0 Å². The predicted molar refractivity (Wildman–Crippen MR) is 94.6 cm³/mol. The molecule has 0 saturated heterocycles. The molecule has 7 heteroatoms. The Morgan fingerprint density at radius 3 is 2.79 bits per heavy atom. The number of aromatic nitrogens is 4. The highest BCUT2D eigenvalue weighted by molar-refractivity contribution is 8.00. The Bertz CT molecular complexity index is 833. The molecule has 0 unspecified atom stereocenters. The lowest BCUT2D eigenvalue weighted by Gasteiger charge is -2.20. The molecule has 0 atom stereocenters. The van der Waals surface area contributed by atoms with Gasteiger partial charge < -0.3 is 4.90 Å². The van der Waals surface area contributed by atoms with Crippen molar-refractivity contribution in [1.29, 1.82) is 0 Å². The highest BCUT2D eigenvalue weighted by atomic mass is 32.2. The summed E-state index contributed by atoms with van der Waals surface area (Å²) in [5.74, 6) is 0.448. The Morgan fingerprint density at radius 2 is 2.04 bits per heavy atom. The number of nitrogens with zero attached hydrogens (tertiary/aromatic N) is 5. The molecule has 24 heavy (non-hydrogen) atoms. The zero-order chi connectivity index (χ0) is 16.9. The Hall–Kier alpha value is -2.41. The van der Waals surface area contributed by atoms with E-state index in [0.29, 0.717) is 18.8 Å². The number of thioether (sulfide) groups is 1. The fourth-order valence-electron chi connectivity index (χ4n) is 2.46. The minimum Gasteiger partial charge on any atom is -0.338 e. The van der Waals surface area contributed by atoms with Crippen molar-refractivity contribution in [3.8, 4) is 0 Å². The number of amides is 1. The van der Waals surface area contributed by atoms with E-state index in [0.717, 1.165) is 21.6 Å². The fraction of sp³-hybridized carbons (Fsp3) is 0.294. The van der Waals surface area contributed by atoms with Crippen molar-refractivity contribution in [2.24, 2.45) is 7.05 Å². The van der Waals surface area contributed by atoms with Gasteiger partial charge in [-0.3, -0.25) is 9.48 Å². The van der Waals surface area contributed by atoms with Gasteiger partial charge in [-0.1, -0.05) is 42.1 Å². The van der Waals surface area contributed by atoms with Crippen LogP contribution in [0, 0.1) is 0 Å². The first kappa shape index (κ1) is 16.4. The number of hydrogen-bond donors (Lipinski definition) is 0. The Balaban J connectivity index is 1.67. The van der Waals surface area contributed by atoms with Crippen LogP contribution in [0.25, 0.3) is 11.0 Å². The van der Waals surface area contributed by atoms with Gasteiger partial charge in [-0.2, -0.15) is 5.10 Å². The van der Waals surface area contributed by atoms with Crippen molar-refractivity contribution < 1.29 is 4.79 Å². The van der Waals surface area contributed by atoms with Crippen molar-refractivity contribution in [1.82, 2.24) is 24.6 Å². The van der Waals surface area contributed by atoms with Crippen molar-refractivity contribution in [3.63, 3.8) is 0 Å². The summed E-state index contributed by atoms with van der Waals surface area (Å²) in [5.41, 5.74) is 1.91. The highest BCUT2D eigenvalue weighted by Gasteiger charge is 2.15. The summed E-state index contributed by atoms with van der Waals surface area (Å²) in [5, 5.41) is 5.86. The lowest BCUT2D eigenvalue weighted by molar-refractivity contribution is -0.128. The zero-order valence-electron chi connectivity index (χ0n) is 13.7. The molecule has 3 rings (SSSR count). The third-order valence-corrected chi connectivity index (χ3v) is 4.77. The number of rotatable bonds is 6. The van der Waals surface area contributed by atoms with E-state index in [1.807, 2.05) is 49.2 Å². The SMILES string of the molecule is CCN(Cc1ccccc1)C(=O)CSc1ncnc2c1cnn2C. The van der Waals surface area contributed by atoms with Crippen LogP contribution < -0.4 is 0 Å². The maximum absolute atomic E-state index is 12.5. The van der Waals surface area contributed by atoms with Crippen LogP contribution >= 0.6 is 11.8 Å². The van der Waals surface area contributed by atoms with Crippen LogP contribution in [-0.2, 0) is 18.4 Å². The molecule has 0 bridgehead atoms. The Kier molecular flexibility index (Phi) is 5.10. The van der Waals surface area contributed by atoms with Crippen LogP contribution in [0.4, 0.5) is 0 Å². The third-order valence-electron chi connectivity index (χ3n) is 3.78. The quantitative estimate of drug-likeness (QED) is 0.509. The molecule has 0 radical (unpaired) electrons. The van der Waals surface area contributed by atoms with Crippen LogP contribution in [0.5, 0.6) is 0 Å². The number of carbonyl (C=O) groups excluding carboxylic acids is 1. The first-order chi connectivity index (χ1) is 11.7. The average molecular weight is 341 g/mol. The van der Waals surface area contributed by atoms with E-state index in [4.69, 9.17) is 0 Å². The van der Waals surface area contributed by atoms with Gasteiger partial charge in [0.05, 0.1) is 17.3 Å². The van der Waals surface area contributed by atoms with Crippen LogP contribution in [-0.4, -0.2) is 42.9 Å². The molecular formula is C17H19N5OS. The number of carbonyl (C=O) groups is 1. The van der Waals surface area contributed by atoms with Gasteiger partial charge in [-0.25, -0.2) is 9.97 Å². The van der Waals surface area contributed by atoms with Crippen molar-refractivity contribution in [2.75, 3.05) is 12.3 Å². The normalized spacial score (nSPS) is 10.9. The molecule has 2 aromatic heterocycles. The van der Waals surface area contributed by atoms with E-state index in [1.165, 1.54) is 18.1 Å². The molecule has 124 valence electrons. The summed E-state index contributed by atoms with van der Waals surface area (Å²) in [6.45, 7) is 3.30. The molecule has 0 aliphatic carbocycles. The maximum Gasteiger partial charge on any atom is 0.233 e. The van der Waals surface area contributed by atoms with Crippen LogP contribution in [0.2, 0.25) is 0 Å². The fourth-order valence-corrected chi connectivity index (χ4v) is 3.32. The molecular weight excluding hydrogens is 322 g/mol. The number of fused-ring (bicyclic) bond motifs is 1. The van der Waals surface area contributed by atoms with Gasteiger partial charge in [0.15, 0.2) is 5.65 Å². The summed E-state index contributed by atoms with van der Waals surface area (Å²) in [7, 11) is 1.84. The van der Waals surface area contributed by atoms with E-state index >= 15 is 0 Å².